The second-order valence-corrected chi connectivity index (χ2v) is 4.27. The van der Waals surface area contributed by atoms with E-state index in [1.165, 1.54) is 11.5 Å². The molecule has 2 heterocycles. The van der Waals surface area contributed by atoms with Gasteiger partial charge in [0.1, 0.15) is 17.7 Å². The van der Waals surface area contributed by atoms with Gasteiger partial charge in [-0.05, 0) is 11.5 Å². The van der Waals surface area contributed by atoms with Crippen molar-refractivity contribution in [2.24, 2.45) is 0 Å². The Labute approximate surface area is 97.0 Å². The molecule has 1 aromatic carbocycles. The number of hydrogen-bond donors (Lipinski definition) is 0. The van der Waals surface area contributed by atoms with Crippen molar-refractivity contribution in [2.75, 3.05) is 13.2 Å². The van der Waals surface area contributed by atoms with E-state index in [0.717, 1.165) is 17.2 Å². The van der Waals surface area contributed by atoms with Crippen LogP contribution >= 0.6 is 11.5 Å². The number of epoxide rings is 1. The molecule has 1 aromatic heterocycles. The Balaban J connectivity index is 1.71. The van der Waals surface area contributed by atoms with Gasteiger partial charge < -0.3 is 9.47 Å². The number of nitrogens with zero attached hydrogens (tertiary/aromatic N) is 2. The van der Waals surface area contributed by atoms with E-state index in [-0.39, 0.29) is 6.10 Å². The van der Waals surface area contributed by atoms with Gasteiger partial charge in [0.05, 0.1) is 6.61 Å². The number of rotatable bonds is 4. The monoisotopic (exact) mass is 234 g/mol. The Morgan fingerprint density at radius 3 is 2.94 bits per heavy atom. The summed E-state index contributed by atoms with van der Waals surface area (Å²) in [7, 11) is 0. The summed E-state index contributed by atoms with van der Waals surface area (Å²) >= 11 is 1.35. The van der Waals surface area contributed by atoms with Crippen LogP contribution in [0.3, 0.4) is 0 Å². The van der Waals surface area contributed by atoms with Crippen molar-refractivity contribution in [2.45, 2.75) is 6.10 Å². The zero-order chi connectivity index (χ0) is 10.8. The first-order valence-corrected chi connectivity index (χ1v) is 5.83. The third-order valence-corrected chi connectivity index (χ3v) is 2.98. The molecule has 1 aliphatic rings. The highest BCUT2D eigenvalue weighted by molar-refractivity contribution is 7.09. The average Bonchev–Trinajstić information content (AvgIpc) is 3.05. The van der Waals surface area contributed by atoms with Gasteiger partial charge in [-0.2, -0.15) is 4.98 Å². The van der Waals surface area contributed by atoms with E-state index in [9.17, 15) is 0 Å². The predicted octanol–water partition coefficient (Wildman–Crippen LogP) is 1.98. The quantitative estimate of drug-likeness (QED) is 0.759. The largest absolute Gasteiger partial charge is 0.460 e. The van der Waals surface area contributed by atoms with E-state index in [4.69, 9.17) is 9.47 Å². The summed E-state index contributed by atoms with van der Waals surface area (Å²) in [5, 5.41) is 0.882. The fourth-order valence-corrected chi connectivity index (χ4v) is 1.92. The van der Waals surface area contributed by atoms with Crippen molar-refractivity contribution in [3.05, 3.63) is 30.3 Å². The average molecular weight is 234 g/mol. The Bertz CT molecular complexity index is 468. The maximum atomic E-state index is 5.40. The Hall–Kier alpha value is -1.46. The molecule has 0 radical (unpaired) electrons. The SMILES string of the molecule is c1ccc(-c2nc(OCC3CO3)ns2)cc1. The molecule has 0 N–H and O–H groups in total. The molecule has 1 unspecified atom stereocenters. The molecule has 82 valence electrons. The molecule has 0 amide bonds. The van der Waals surface area contributed by atoms with Crippen LogP contribution in [-0.4, -0.2) is 28.7 Å². The molecule has 0 saturated carbocycles. The van der Waals surface area contributed by atoms with Gasteiger partial charge in [-0.15, -0.1) is 4.37 Å². The fourth-order valence-electron chi connectivity index (χ4n) is 1.30. The van der Waals surface area contributed by atoms with Crippen LogP contribution in [0.25, 0.3) is 10.6 Å². The van der Waals surface area contributed by atoms with Crippen LogP contribution in [0.1, 0.15) is 0 Å². The predicted molar refractivity (Wildman–Crippen MR) is 60.6 cm³/mol. The highest BCUT2D eigenvalue weighted by atomic mass is 32.1. The van der Waals surface area contributed by atoms with E-state index in [1.54, 1.807) is 0 Å². The lowest BCUT2D eigenvalue weighted by Crippen LogP contribution is -2.04. The van der Waals surface area contributed by atoms with E-state index >= 15 is 0 Å². The standard InChI is InChI=1S/C11H10N2O2S/c1-2-4-8(5-3-1)10-12-11(13-16-10)15-7-9-6-14-9/h1-5,9H,6-7H2. The first-order chi connectivity index (χ1) is 7.92. The van der Waals surface area contributed by atoms with E-state index in [1.807, 2.05) is 30.3 Å². The second-order valence-electron chi connectivity index (χ2n) is 3.51. The molecule has 5 heteroatoms. The smallest absolute Gasteiger partial charge is 0.328 e. The van der Waals surface area contributed by atoms with Gasteiger partial charge in [-0.3, -0.25) is 0 Å². The highest BCUT2D eigenvalue weighted by Crippen LogP contribution is 2.23. The Morgan fingerprint density at radius 1 is 1.38 bits per heavy atom. The summed E-state index contributed by atoms with van der Waals surface area (Å²) in [6.07, 6.45) is 0.240. The molecule has 3 rings (SSSR count). The zero-order valence-corrected chi connectivity index (χ0v) is 9.31. The molecule has 1 fully saturated rings. The molecule has 0 aliphatic carbocycles. The summed E-state index contributed by atoms with van der Waals surface area (Å²) in [6.45, 7) is 1.33. The number of benzene rings is 1. The fraction of sp³-hybridized carbons (Fsp3) is 0.273. The summed E-state index contributed by atoms with van der Waals surface area (Å²) in [4.78, 5) is 4.31. The van der Waals surface area contributed by atoms with Gasteiger partial charge in [0.2, 0.25) is 0 Å². The first-order valence-electron chi connectivity index (χ1n) is 5.05. The minimum absolute atomic E-state index is 0.240. The highest BCUT2D eigenvalue weighted by Gasteiger charge is 2.23. The van der Waals surface area contributed by atoms with Crippen molar-refractivity contribution in [3.8, 4) is 16.6 Å². The van der Waals surface area contributed by atoms with Gasteiger partial charge in [0, 0.05) is 5.56 Å². The lowest BCUT2D eigenvalue weighted by molar-refractivity contribution is 0.249. The normalized spacial score (nSPS) is 18.4. The molecule has 2 aromatic rings. The number of ether oxygens (including phenoxy) is 2. The maximum absolute atomic E-state index is 5.40. The van der Waals surface area contributed by atoms with Gasteiger partial charge in [0.25, 0.3) is 0 Å². The summed E-state index contributed by atoms with van der Waals surface area (Å²) in [6, 6.07) is 10.4. The van der Waals surface area contributed by atoms with Crippen LogP contribution in [0.5, 0.6) is 6.01 Å². The lowest BCUT2D eigenvalue weighted by atomic mass is 10.2. The second kappa shape index (κ2) is 4.19. The summed E-state index contributed by atoms with van der Waals surface area (Å²) < 4.78 is 14.6. The van der Waals surface area contributed by atoms with Crippen LogP contribution in [0.2, 0.25) is 0 Å². The first kappa shape index (κ1) is 9.74. The molecular weight excluding hydrogens is 224 g/mol. The number of hydrogen-bond acceptors (Lipinski definition) is 5. The zero-order valence-electron chi connectivity index (χ0n) is 8.50. The summed E-state index contributed by atoms with van der Waals surface area (Å²) in [5.74, 6) is 0. The van der Waals surface area contributed by atoms with Gasteiger partial charge in [-0.25, -0.2) is 0 Å². The molecule has 1 atom stereocenters. The van der Waals surface area contributed by atoms with Crippen molar-refractivity contribution in [3.63, 3.8) is 0 Å². The van der Waals surface area contributed by atoms with E-state index < -0.39 is 0 Å². The lowest BCUT2D eigenvalue weighted by Gasteiger charge is -1.96. The molecule has 0 bridgehead atoms. The van der Waals surface area contributed by atoms with Crippen LogP contribution in [0.15, 0.2) is 30.3 Å². The minimum atomic E-state index is 0.240. The van der Waals surface area contributed by atoms with Crippen molar-refractivity contribution < 1.29 is 9.47 Å². The molecule has 4 nitrogen and oxygen atoms in total. The van der Waals surface area contributed by atoms with Crippen LogP contribution in [-0.2, 0) is 4.74 Å². The Morgan fingerprint density at radius 2 is 2.19 bits per heavy atom. The molecule has 16 heavy (non-hydrogen) atoms. The topological polar surface area (TPSA) is 47.5 Å². The molecular formula is C11H10N2O2S. The maximum Gasteiger partial charge on any atom is 0.328 e. The van der Waals surface area contributed by atoms with Crippen LogP contribution < -0.4 is 4.74 Å². The minimum Gasteiger partial charge on any atom is -0.460 e. The van der Waals surface area contributed by atoms with Crippen LogP contribution in [0, 0.1) is 0 Å². The molecule has 1 saturated heterocycles. The molecule has 0 spiro atoms. The van der Waals surface area contributed by atoms with Gasteiger partial charge in [0.15, 0.2) is 0 Å². The van der Waals surface area contributed by atoms with Gasteiger partial charge in [-0.1, -0.05) is 30.3 Å². The van der Waals surface area contributed by atoms with Crippen LogP contribution in [0.4, 0.5) is 0 Å². The van der Waals surface area contributed by atoms with Gasteiger partial charge >= 0.3 is 6.01 Å². The van der Waals surface area contributed by atoms with E-state index in [2.05, 4.69) is 9.36 Å². The number of aromatic nitrogens is 2. The van der Waals surface area contributed by atoms with Crippen molar-refractivity contribution in [1.82, 2.24) is 9.36 Å². The molecule has 1 aliphatic heterocycles. The third-order valence-electron chi connectivity index (χ3n) is 2.23. The third kappa shape index (κ3) is 2.20. The summed E-state index contributed by atoms with van der Waals surface area (Å²) in [5.41, 5.74) is 1.07. The van der Waals surface area contributed by atoms with Crippen molar-refractivity contribution in [1.29, 1.82) is 0 Å². The Kier molecular flexibility index (Phi) is 2.55. The van der Waals surface area contributed by atoms with Crippen molar-refractivity contribution >= 4 is 11.5 Å². The van der Waals surface area contributed by atoms with E-state index in [0.29, 0.717) is 12.6 Å².